The van der Waals surface area contributed by atoms with Crippen molar-refractivity contribution in [3.63, 3.8) is 0 Å². The number of hydrogen-bond donors (Lipinski definition) is 2. The van der Waals surface area contributed by atoms with E-state index in [0.29, 0.717) is 0 Å². The first kappa shape index (κ1) is 9.99. The molecular weight excluding hydrogens is 164 g/mol. The zero-order chi connectivity index (χ0) is 9.68. The number of aromatic nitrogens is 1. The Morgan fingerprint density at radius 2 is 2.31 bits per heavy atom. The van der Waals surface area contributed by atoms with Gasteiger partial charge in [0.15, 0.2) is 0 Å². The second-order valence-corrected chi connectivity index (χ2v) is 3.39. The van der Waals surface area contributed by atoms with Gasteiger partial charge in [-0.3, -0.25) is 0 Å². The number of anilines is 1. The average molecular weight is 180 g/mol. The predicted molar refractivity (Wildman–Crippen MR) is 53.7 cm³/mol. The molecular formula is C10H16N2O. The first-order chi connectivity index (χ1) is 6.22. The lowest BCUT2D eigenvalue weighted by molar-refractivity contribution is 0.244. The third-order valence-electron chi connectivity index (χ3n) is 1.85. The highest BCUT2D eigenvalue weighted by Gasteiger charge is 1.99. The van der Waals surface area contributed by atoms with Crippen molar-refractivity contribution in [3.05, 3.63) is 23.9 Å². The molecule has 1 heterocycles. The Bertz CT molecular complexity index is 246. The lowest BCUT2D eigenvalue weighted by Crippen LogP contribution is -2.14. The monoisotopic (exact) mass is 180 g/mol. The summed E-state index contributed by atoms with van der Waals surface area (Å²) in [5.41, 5.74) is 1.15. The zero-order valence-electron chi connectivity index (χ0n) is 8.12. The van der Waals surface area contributed by atoms with Crippen LogP contribution in [0, 0.1) is 12.8 Å². The molecule has 0 bridgehead atoms. The molecule has 0 fully saturated rings. The molecule has 3 heteroatoms. The highest BCUT2D eigenvalue weighted by Crippen LogP contribution is 2.04. The summed E-state index contributed by atoms with van der Waals surface area (Å²) < 4.78 is 0. The summed E-state index contributed by atoms with van der Waals surface area (Å²) in [6.07, 6.45) is 1.83. The van der Waals surface area contributed by atoms with Crippen molar-refractivity contribution >= 4 is 5.82 Å². The van der Waals surface area contributed by atoms with Gasteiger partial charge in [0, 0.05) is 19.3 Å². The van der Waals surface area contributed by atoms with Gasteiger partial charge in [-0.2, -0.15) is 0 Å². The van der Waals surface area contributed by atoms with Crippen LogP contribution in [0.15, 0.2) is 18.3 Å². The normalized spacial score (nSPS) is 12.5. The summed E-state index contributed by atoms with van der Waals surface area (Å²) in [7, 11) is 0. The maximum absolute atomic E-state index is 8.80. The van der Waals surface area contributed by atoms with Gasteiger partial charge in [-0.1, -0.05) is 13.0 Å². The van der Waals surface area contributed by atoms with E-state index < -0.39 is 0 Å². The first-order valence-electron chi connectivity index (χ1n) is 4.49. The van der Waals surface area contributed by atoms with Crippen LogP contribution in [-0.4, -0.2) is 23.2 Å². The Morgan fingerprint density at radius 1 is 1.54 bits per heavy atom. The van der Waals surface area contributed by atoms with Crippen LogP contribution >= 0.6 is 0 Å². The molecule has 3 nitrogen and oxygen atoms in total. The van der Waals surface area contributed by atoms with Crippen LogP contribution in [0.3, 0.4) is 0 Å². The first-order valence-corrected chi connectivity index (χ1v) is 4.49. The van der Waals surface area contributed by atoms with Gasteiger partial charge in [0.2, 0.25) is 0 Å². The molecule has 0 aliphatic heterocycles. The van der Waals surface area contributed by atoms with Gasteiger partial charge < -0.3 is 10.4 Å². The summed E-state index contributed by atoms with van der Waals surface area (Å²) in [6, 6.07) is 3.96. The topological polar surface area (TPSA) is 45.1 Å². The molecule has 0 aromatic carbocycles. The molecule has 2 N–H and O–H groups in total. The van der Waals surface area contributed by atoms with Crippen molar-refractivity contribution in [3.8, 4) is 0 Å². The molecule has 1 rings (SSSR count). The van der Waals surface area contributed by atoms with Crippen LogP contribution in [0.25, 0.3) is 0 Å². The molecule has 1 aromatic rings. The highest BCUT2D eigenvalue weighted by molar-refractivity contribution is 5.35. The molecule has 0 spiro atoms. The largest absolute Gasteiger partial charge is 0.396 e. The molecule has 0 radical (unpaired) electrons. The van der Waals surface area contributed by atoms with E-state index in [-0.39, 0.29) is 12.5 Å². The van der Waals surface area contributed by atoms with E-state index in [0.717, 1.165) is 17.9 Å². The molecule has 0 saturated heterocycles. The number of rotatable bonds is 4. The lowest BCUT2D eigenvalue weighted by atomic mass is 10.2. The van der Waals surface area contributed by atoms with Crippen LogP contribution in [0.2, 0.25) is 0 Å². The molecule has 0 aliphatic rings. The summed E-state index contributed by atoms with van der Waals surface area (Å²) in [5, 5.41) is 11.9. The minimum Gasteiger partial charge on any atom is -0.396 e. The Hall–Kier alpha value is -1.09. The van der Waals surface area contributed by atoms with E-state index in [9.17, 15) is 0 Å². The summed E-state index contributed by atoms with van der Waals surface area (Å²) >= 11 is 0. The molecule has 72 valence electrons. The van der Waals surface area contributed by atoms with Crippen molar-refractivity contribution in [2.75, 3.05) is 18.5 Å². The Morgan fingerprint density at radius 3 is 2.85 bits per heavy atom. The van der Waals surface area contributed by atoms with Crippen LogP contribution in [0.4, 0.5) is 5.82 Å². The van der Waals surface area contributed by atoms with E-state index in [1.807, 2.05) is 32.2 Å². The molecule has 1 atom stereocenters. The summed E-state index contributed by atoms with van der Waals surface area (Å²) in [4.78, 5) is 4.19. The number of aliphatic hydroxyl groups is 1. The highest BCUT2D eigenvalue weighted by atomic mass is 16.3. The van der Waals surface area contributed by atoms with E-state index in [4.69, 9.17) is 5.11 Å². The van der Waals surface area contributed by atoms with Crippen molar-refractivity contribution in [2.45, 2.75) is 13.8 Å². The number of nitrogens with one attached hydrogen (secondary N) is 1. The van der Waals surface area contributed by atoms with E-state index >= 15 is 0 Å². The Balaban J connectivity index is 2.41. The van der Waals surface area contributed by atoms with Crippen LogP contribution in [-0.2, 0) is 0 Å². The van der Waals surface area contributed by atoms with Gasteiger partial charge in [0.25, 0.3) is 0 Å². The van der Waals surface area contributed by atoms with Gasteiger partial charge in [0.05, 0.1) is 0 Å². The minimum absolute atomic E-state index is 0.207. The Kier molecular flexibility index (Phi) is 3.71. The predicted octanol–water partition coefficient (Wildman–Crippen LogP) is 1.43. The lowest BCUT2D eigenvalue weighted by Gasteiger charge is -2.09. The standard InChI is InChI=1S/C10H16N2O/c1-8-3-4-10(11-5-8)12-6-9(2)7-13/h3-5,9,13H,6-7H2,1-2H3,(H,11,12). The number of hydrogen-bond acceptors (Lipinski definition) is 3. The quantitative estimate of drug-likeness (QED) is 0.736. The van der Waals surface area contributed by atoms with E-state index in [2.05, 4.69) is 10.3 Å². The number of nitrogens with zero attached hydrogens (tertiary/aromatic N) is 1. The van der Waals surface area contributed by atoms with Crippen molar-refractivity contribution in [1.29, 1.82) is 0 Å². The number of aryl methyl sites for hydroxylation is 1. The summed E-state index contributed by atoms with van der Waals surface area (Å²) in [5.74, 6) is 1.13. The minimum atomic E-state index is 0.207. The van der Waals surface area contributed by atoms with E-state index in [1.54, 1.807) is 0 Å². The van der Waals surface area contributed by atoms with Crippen LogP contribution in [0.5, 0.6) is 0 Å². The second-order valence-electron chi connectivity index (χ2n) is 3.39. The molecule has 1 aromatic heterocycles. The summed E-state index contributed by atoms with van der Waals surface area (Å²) in [6.45, 7) is 4.96. The van der Waals surface area contributed by atoms with Crippen molar-refractivity contribution in [1.82, 2.24) is 4.98 Å². The fourth-order valence-electron chi connectivity index (χ4n) is 0.916. The third kappa shape index (κ3) is 3.42. The van der Waals surface area contributed by atoms with E-state index in [1.165, 1.54) is 0 Å². The Labute approximate surface area is 78.8 Å². The van der Waals surface area contributed by atoms with Gasteiger partial charge in [-0.05, 0) is 24.5 Å². The van der Waals surface area contributed by atoms with Crippen molar-refractivity contribution < 1.29 is 5.11 Å². The van der Waals surface area contributed by atoms with Crippen molar-refractivity contribution in [2.24, 2.45) is 5.92 Å². The third-order valence-corrected chi connectivity index (χ3v) is 1.85. The molecule has 13 heavy (non-hydrogen) atoms. The number of pyridine rings is 1. The van der Waals surface area contributed by atoms with Crippen LogP contribution in [0.1, 0.15) is 12.5 Å². The van der Waals surface area contributed by atoms with Gasteiger partial charge in [-0.15, -0.1) is 0 Å². The molecule has 0 amide bonds. The zero-order valence-corrected chi connectivity index (χ0v) is 8.12. The van der Waals surface area contributed by atoms with Crippen LogP contribution < -0.4 is 5.32 Å². The smallest absolute Gasteiger partial charge is 0.125 e. The van der Waals surface area contributed by atoms with Gasteiger partial charge in [-0.25, -0.2) is 4.98 Å². The van der Waals surface area contributed by atoms with Gasteiger partial charge >= 0.3 is 0 Å². The molecule has 0 saturated carbocycles. The molecule has 0 aliphatic carbocycles. The second kappa shape index (κ2) is 4.82. The van der Waals surface area contributed by atoms with Gasteiger partial charge in [0.1, 0.15) is 5.82 Å². The fourth-order valence-corrected chi connectivity index (χ4v) is 0.916. The average Bonchev–Trinajstić information content (AvgIpc) is 2.16. The maximum Gasteiger partial charge on any atom is 0.125 e. The maximum atomic E-state index is 8.80. The number of aliphatic hydroxyl groups excluding tert-OH is 1. The fraction of sp³-hybridized carbons (Fsp3) is 0.500. The molecule has 1 unspecified atom stereocenters. The SMILES string of the molecule is Cc1ccc(NCC(C)CO)nc1.